The normalized spacial score (nSPS) is 13.7. The van der Waals surface area contributed by atoms with Crippen LogP contribution in [0.15, 0.2) is 47.5 Å². The van der Waals surface area contributed by atoms with Crippen LogP contribution in [0.1, 0.15) is 24.0 Å². The van der Waals surface area contributed by atoms with Crippen LogP contribution in [0.5, 0.6) is 11.5 Å². The molecule has 0 unspecified atom stereocenters. The highest BCUT2D eigenvalue weighted by atomic mass is 16.5. The standard InChI is InChI=1S/C22H29N3O3/c1-17-7-3-4-8-18(17)16-24-22(23-11-5-12-26-2)25-19-9-10-20-21(15-19)28-14-6-13-27-20/h3-4,7-10,15H,5-6,11-14,16H2,1-2H3,(H2,23,24,25). The summed E-state index contributed by atoms with van der Waals surface area (Å²) in [5, 5.41) is 6.75. The molecule has 0 atom stereocenters. The van der Waals surface area contributed by atoms with E-state index in [2.05, 4.69) is 29.7 Å². The lowest BCUT2D eigenvalue weighted by molar-refractivity contribution is 0.195. The SMILES string of the molecule is COCCCNC(=NCc1ccccc1C)Nc1ccc2c(c1)OCCCO2. The van der Waals surface area contributed by atoms with Gasteiger partial charge in [-0.25, -0.2) is 4.99 Å². The highest BCUT2D eigenvalue weighted by molar-refractivity contribution is 5.94. The van der Waals surface area contributed by atoms with E-state index in [0.29, 0.717) is 26.4 Å². The van der Waals surface area contributed by atoms with Crippen molar-refractivity contribution in [1.82, 2.24) is 5.32 Å². The summed E-state index contributed by atoms with van der Waals surface area (Å²) in [6.07, 6.45) is 1.80. The predicted molar refractivity (Wildman–Crippen MR) is 112 cm³/mol. The summed E-state index contributed by atoms with van der Waals surface area (Å²) in [5.41, 5.74) is 3.35. The quantitative estimate of drug-likeness (QED) is 0.433. The van der Waals surface area contributed by atoms with Crippen LogP contribution in [0.4, 0.5) is 5.69 Å². The Bertz CT molecular complexity index is 792. The van der Waals surface area contributed by atoms with Crippen molar-refractivity contribution in [1.29, 1.82) is 0 Å². The van der Waals surface area contributed by atoms with Crippen molar-refractivity contribution in [3.63, 3.8) is 0 Å². The molecular formula is C22H29N3O3. The summed E-state index contributed by atoms with van der Waals surface area (Å²) in [7, 11) is 1.71. The Labute approximate surface area is 166 Å². The summed E-state index contributed by atoms with van der Waals surface area (Å²) in [5.74, 6) is 2.28. The molecule has 0 fully saturated rings. The maximum atomic E-state index is 5.79. The van der Waals surface area contributed by atoms with E-state index in [4.69, 9.17) is 19.2 Å². The number of nitrogens with zero attached hydrogens (tertiary/aromatic N) is 1. The average molecular weight is 383 g/mol. The van der Waals surface area contributed by atoms with Gasteiger partial charge in [0.25, 0.3) is 0 Å². The monoisotopic (exact) mass is 383 g/mol. The topological polar surface area (TPSA) is 64.1 Å². The van der Waals surface area contributed by atoms with Gasteiger partial charge in [-0.2, -0.15) is 0 Å². The van der Waals surface area contributed by atoms with E-state index in [1.807, 2.05) is 30.3 Å². The lowest BCUT2D eigenvalue weighted by Gasteiger charge is -2.15. The molecule has 0 aromatic heterocycles. The number of fused-ring (bicyclic) bond motifs is 1. The van der Waals surface area contributed by atoms with Crippen molar-refractivity contribution in [3.8, 4) is 11.5 Å². The zero-order valence-corrected chi connectivity index (χ0v) is 16.7. The molecule has 0 bridgehead atoms. The first-order valence-corrected chi connectivity index (χ1v) is 9.74. The van der Waals surface area contributed by atoms with Crippen LogP contribution in [0, 0.1) is 6.92 Å². The molecule has 2 aromatic rings. The minimum absolute atomic E-state index is 0.608. The van der Waals surface area contributed by atoms with Gasteiger partial charge in [0, 0.05) is 38.4 Å². The molecular weight excluding hydrogens is 354 g/mol. The molecule has 6 heteroatoms. The van der Waals surface area contributed by atoms with Crippen molar-refractivity contribution in [2.24, 2.45) is 4.99 Å². The molecule has 1 aliphatic rings. The molecule has 0 saturated carbocycles. The lowest BCUT2D eigenvalue weighted by atomic mass is 10.1. The van der Waals surface area contributed by atoms with Crippen LogP contribution in [-0.4, -0.2) is 39.4 Å². The number of hydrogen-bond acceptors (Lipinski definition) is 4. The molecule has 2 aromatic carbocycles. The fraction of sp³-hybridized carbons (Fsp3) is 0.409. The van der Waals surface area contributed by atoms with Crippen LogP contribution in [0.25, 0.3) is 0 Å². The van der Waals surface area contributed by atoms with E-state index in [0.717, 1.165) is 42.5 Å². The van der Waals surface area contributed by atoms with Crippen LogP contribution in [0.3, 0.4) is 0 Å². The molecule has 1 aliphatic heterocycles. The van der Waals surface area contributed by atoms with Gasteiger partial charge in [-0.05, 0) is 36.6 Å². The number of nitrogens with one attached hydrogen (secondary N) is 2. The Kier molecular flexibility index (Phi) is 7.55. The summed E-state index contributed by atoms with van der Waals surface area (Å²) in [6.45, 7) is 5.55. The molecule has 0 radical (unpaired) electrons. The van der Waals surface area contributed by atoms with Gasteiger partial charge in [-0.1, -0.05) is 24.3 Å². The van der Waals surface area contributed by atoms with E-state index in [-0.39, 0.29) is 0 Å². The first kappa shape index (κ1) is 20.0. The van der Waals surface area contributed by atoms with Gasteiger partial charge in [0.15, 0.2) is 17.5 Å². The molecule has 2 N–H and O–H groups in total. The number of aliphatic imine (C=N–C) groups is 1. The number of rotatable bonds is 7. The number of hydrogen-bond donors (Lipinski definition) is 2. The summed E-state index contributed by atoms with van der Waals surface area (Å²) < 4.78 is 16.6. The van der Waals surface area contributed by atoms with Crippen LogP contribution in [0.2, 0.25) is 0 Å². The fourth-order valence-electron chi connectivity index (χ4n) is 2.89. The van der Waals surface area contributed by atoms with E-state index < -0.39 is 0 Å². The maximum Gasteiger partial charge on any atom is 0.196 e. The van der Waals surface area contributed by atoms with Gasteiger partial charge in [0.2, 0.25) is 0 Å². The van der Waals surface area contributed by atoms with Crippen molar-refractivity contribution < 1.29 is 14.2 Å². The molecule has 0 saturated heterocycles. The predicted octanol–water partition coefficient (Wildman–Crippen LogP) is 3.75. The molecule has 0 spiro atoms. The van der Waals surface area contributed by atoms with Crippen molar-refractivity contribution >= 4 is 11.6 Å². The fourth-order valence-corrected chi connectivity index (χ4v) is 2.89. The number of aryl methyl sites for hydroxylation is 1. The minimum atomic E-state index is 0.608. The van der Waals surface area contributed by atoms with Crippen molar-refractivity contribution in [2.45, 2.75) is 26.3 Å². The van der Waals surface area contributed by atoms with Crippen molar-refractivity contribution in [2.75, 3.05) is 38.8 Å². The molecule has 0 amide bonds. The molecule has 150 valence electrons. The molecule has 1 heterocycles. The largest absolute Gasteiger partial charge is 0.490 e. The summed E-state index contributed by atoms with van der Waals surface area (Å²) in [4.78, 5) is 4.76. The number of benzene rings is 2. The maximum absolute atomic E-state index is 5.79. The first-order chi connectivity index (χ1) is 13.8. The van der Waals surface area contributed by atoms with Crippen LogP contribution >= 0.6 is 0 Å². The Hall–Kier alpha value is -2.73. The minimum Gasteiger partial charge on any atom is -0.490 e. The first-order valence-electron chi connectivity index (χ1n) is 9.74. The Morgan fingerprint density at radius 1 is 1.11 bits per heavy atom. The van der Waals surface area contributed by atoms with Crippen molar-refractivity contribution in [3.05, 3.63) is 53.6 Å². The van der Waals surface area contributed by atoms with Gasteiger partial charge >= 0.3 is 0 Å². The van der Waals surface area contributed by atoms with E-state index in [1.54, 1.807) is 7.11 Å². The van der Waals surface area contributed by atoms with Gasteiger partial charge in [-0.15, -0.1) is 0 Å². The Morgan fingerprint density at radius 2 is 1.93 bits per heavy atom. The van der Waals surface area contributed by atoms with Crippen LogP contribution < -0.4 is 20.1 Å². The third kappa shape index (κ3) is 5.89. The van der Waals surface area contributed by atoms with Gasteiger partial charge < -0.3 is 24.8 Å². The van der Waals surface area contributed by atoms with Gasteiger partial charge in [0.1, 0.15) is 0 Å². The second kappa shape index (κ2) is 10.6. The molecule has 0 aliphatic carbocycles. The van der Waals surface area contributed by atoms with E-state index in [1.165, 1.54) is 11.1 Å². The molecule has 28 heavy (non-hydrogen) atoms. The lowest BCUT2D eigenvalue weighted by Crippen LogP contribution is -2.32. The van der Waals surface area contributed by atoms with Gasteiger partial charge in [-0.3, -0.25) is 0 Å². The second-order valence-corrected chi connectivity index (χ2v) is 6.70. The highest BCUT2D eigenvalue weighted by Gasteiger charge is 2.11. The van der Waals surface area contributed by atoms with E-state index in [9.17, 15) is 0 Å². The molecule has 3 rings (SSSR count). The summed E-state index contributed by atoms with van der Waals surface area (Å²) >= 11 is 0. The third-order valence-electron chi connectivity index (χ3n) is 4.50. The Morgan fingerprint density at radius 3 is 2.75 bits per heavy atom. The average Bonchev–Trinajstić information content (AvgIpc) is 2.95. The van der Waals surface area contributed by atoms with Gasteiger partial charge in [0.05, 0.1) is 19.8 Å². The number of guanidine groups is 1. The smallest absolute Gasteiger partial charge is 0.196 e. The number of ether oxygens (including phenoxy) is 3. The van der Waals surface area contributed by atoms with Crippen LogP contribution in [-0.2, 0) is 11.3 Å². The van der Waals surface area contributed by atoms with E-state index >= 15 is 0 Å². The Balaban J connectivity index is 1.71. The molecule has 6 nitrogen and oxygen atoms in total. The number of methoxy groups -OCH3 is 1. The highest BCUT2D eigenvalue weighted by Crippen LogP contribution is 2.32. The second-order valence-electron chi connectivity index (χ2n) is 6.70. The number of anilines is 1. The third-order valence-corrected chi connectivity index (χ3v) is 4.50. The summed E-state index contributed by atoms with van der Waals surface area (Å²) in [6, 6.07) is 14.2. The zero-order chi connectivity index (χ0) is 19.6. The zero-order valence-electron chi connectivity index (χ0n) is 16.7.